The number of hydrogen-bond donors (Lipinski definition) is 2. The number of rotatable bonds is 4. The highest BCUT2D eigenvalue weighted by molar-refractivity contribution is 5.89. The largest absolute Gasteiger partial charge is 0.490 e. The molecule has 1 aromatic carbocycles. The van der Waals surface area contributed by atoms with Crippen LogP contribution in [0.3, 0.4) is 0 Å². The van der Waals surface area contributed by atoms with Crippen LogP contribution in [0, 0.1) is 5.82 Å². The molecular formula is C14H15F4NO4. The molecule has 0 heterocycles. The lowest BCUT2D eigenvalue weighted by Crippen LogP contribution is -2.21. The first kappa shape index (κ1) is 18.9. The maximum absolute atomic E-state index is 13.5. The Morgan fingerprint density at radius 3 is 2.30 bits per heavy atom. The lowest BCUT2D eigenvalue weighted by Gasteiger charge is -2.05. The Morgan fingerprint density at radius 1 is 1.35 bits per heavy atom. The number of carbonyl (C=O) groups is 2. The topological polar surface area (TPSA) is 75.6 Å². The van der Waals surface area contributed by atoms with Gasteiger partial charge in [-0.2, -0.15) is 13.2 Å². The van der Waals surface area contributed by atoms with E-state index < -0.39 is 23.9 Å². The van der Waals surface area contributed by atoms with Gasteiger partial charge in [-0.1, -0.05) is 6.07 Å². The van der Waals surface area contributed by atoms with Gasteiger partial charge in [-0.15, -0.1) is 0 Å². The summed E-state index contributed by atoms with van der Waals surface area (Å²) < 4.78 is 49.7. The first-order valence-corrected chi connectivity index (χ1v) is 6.55. The fourth-order valence-corrected chi connectivity index (χ4v) is 1.49. The Balaban J connectivity index is 0.000000322. The Labute approximate surface area is 129 Å². The number of methoxy groups -OCH3 is 1. The van der Waals surface area contributed by atoms with Crippen molar-refractivity contribution in [2.75, 3.05) is 7.11 Å². The van der Waals surface area contributed by atoms with E-state index in [0.717, 1.165) is 5.56 Å². The van der Waals surface area contributed by atoms with Gasteiger partial charge in [0, 0.05) is 12.6 Å². The van der Waals surface area contributed by atoms with E-state index >= 15 is 0 Å². The number of halogens is 4. The predicted molar refractivity (Wildman–Crippen MR) is 71.3 cm³/mol. The van der Waals surface area contributed by atoms with Crippen molar-refractivity contribution in [3.63, 3.8) is 0 Å². The number of alkyl halides is 3. The second kappa shape index (κ2) is 7.91. The molecule has 128 valence electrons. The van der Waals surface area contributed by atoms with Gasteiger partial charge in [0.05, 0.1) is 12.7 Å². The average molecular weight is 337 g/mol. The molecule has 0 unspecified atom stereocenters. The van der Waals surface area contributed by atoms with Gasteiger partial charge >= 0.3 is 18.1 Å². The summed E-state index contributed by atoms with van der Waals surface area (Å²) in [7, 11) is 1.24. The van der Waals surface area contributed by atoms with Crippen LogP contribution in [-0.2, 0) is 16.1 Å². The predicted octanol–water partition coefficient (Wildman–Crippen LogP) is 2.50. The molecule has 2 rings (SSSR count). The highest BCUT2D eigenvalue weighted by atomic mass is 19.4. The number of aliphatic carboxylic acids is 1. The minimum atomic E-state index is -5.08. The Hall–Kier alpha value is -2.16. The van der Waals surface area contributed by atoms with E-state index in [4.69, 9.17) is 9.90 Å². The minimum absolute atomic E-state index is 0.0160. The standard InChI is InChI=1S/C12H14FNO2.C2HF3O2/c1-16-12(15)10-5-2-8(6-11(10)13)7-14-9-3-4-9;3-2(4,5)1(6)7/h2,5-6,9,14H,3-4,7H2,1H3;(H,6,7). The molecule has 1 aromatic rings. The number of ether oxygens (including phenoxy) is 1. The Bertz CT molecular complexity index is 570. The fourth-order valence-electron chi connectivity index (χ4n) is 1.49. The zero-order chi connectivity index (χ0) is 17.6. The van der Waals surface area contributed by atoms with Crippen molar-refractivity contribution >= 4 is 11.9 Å². The van der Waals surface area contributed by atoms with Crippen LogP contribution in [-0.4, -0.2) is 36.4 Å². The maximum Gasteiger partial charge on any atom is 0.490 e. The number of benzene rings is 1. The van der Waals surface area contributed by atoms with E-state index in [2.05, 4.69) is 10.1 Å². The van der Waals surface area contributed by atoms with E-state index in [0.29, 0.717) is 12.6 Å². The van der Waals surface area contributed by atoms with E-state index in [1.54, 1.807) is 6.07 Å². The van der Waals surface area contributed by atoms with Crippen LogP contribution in [0.25, 0.3) is 0 Å². The van der Waals surface area contributed by atoms with Gasteiger partial charge in [-0.25, -0.2) is 14.0 Å². The molecule has 2 N–H and O–H groups in total. The van der Waals surface area contributed by atoms with Gasteiger partial charge in [0.15, 0.2) is 0 Å². The van der Waals surface area contributed by atoms with Gasteiger partial charge in [-0.3, -0.25) is 0 Å². The molecule has 23 heavy (non-hydrogen) atoms. The molecule has 0 atom stereocenters. The molecule has 0 saturated heterocycles. The van der Waals surface area contributed by atoms with E-state index in [9.17, 15) is 22.4 Å². The molecule has 5 nitrogen and oxygen atoms in total. The molecule has 0 aromatic heterocycles. The van der Waals surface area contributed by atoms with Crippen molar-refractivity contribution in [3.8, 4) is 0 Å². The van der Waals surface area contributed by atoms with Crippen LogP contribution in [0.15, 0.2) is 18.2 Å². The number of nitrogens with one attached hydrogen (secondary N) is 1. The van der Waals surface area contributed by atoms with Gasteiger partial charge in [0.25, 0.3) is 0 Å². The summed E-state index contributed by atoms with van der Waals surface area (Å²) in [5.41, 5.74) is 0.828. The highest BCUT2D eigenvalue weighted by Crippen LogP contribution is 2.20. The third-order valence-electron chi connectivity index (χ3n) is 2.85. The van der Waals surface area contributed by atoms with Crippen LogP contribution >= 0.6 is 0 Å². The minimum Gasteiger partial charge on any atom is -0.475 e. The van der Waals surface area contributed by atoms with Crippen molar-refractivity contribution in [1.29, 1.82) is 0 Å². The van der Waals surface area contributed by atoms with Crippen LogP contribution in [0.4, 0.5) is 17.6 Å². The zero-order valence-electron chi connectivity index (χ0n) is 12.1. The number of carboxylic acids is 1. The zero-order valence-corrected chi connectivity index (χ0v) is 12.1. The number of esters is 1. The Morgan fingerprint density at radius 2 is 1.91 bits per heavy atom. The SMILES string of the molecule is COC(=O)c1ccc(CNC2CC2)cc1F.O=C(O)C(F)(F)F. The molecule has 0 bridgehead atoms. The first-order chi connectivity index (χ1) is 10.6. The smallest absolute Gasteiger partial charge is 0.475 e. The maximum atomic E-state index is 13.5. The van der Waals surface area contributed by atoms with Crippen molar-refractivity contribution in [3.05, 3.63) is 35.1 Å². The molecule has 0 aliphatic heterocycles. The monoisotopic (exact) mass is 337 g/mol. The van der Waals surface area contributed by atoms with Crippen LogP contribution in [0.1, 0.15) is 28.8 Å². The quantitative estimate of drug-likeness (QED) is 0.652. The van der Waals surface area contributed by atoms with E-state index in [-0.39, 0.29) is 5.56 Å². The molecule has 1 fully saturated rings. The van der Waals surface area contributed by atoms with Crippen molar-refractivity contribution < 1.29 is 37.0 Å². The second-order valence-electron chi connectivity index (χ2n) is 4.76. The number of carboxylic acid groups (broad SMARTS) is 1. The average Bonchev–Trinajstić information content (AvgIpc) is 3.28. The van der Waals surface area contributed by atoms with E-state index in [1.807, 2.05) is 0 Å². The fraction of sp³-hybridized carbons (Fsp3) is 0.429. The van der Waals surface area contributed by atoms with Crippen LogP contribution in [0.5, 0.6) is 0 Å². The molecule has 9 heteroatoms. The van der Waals surface area contributed by atoms with Crippen LogP contribution in [0.2, 0.25) is 0 Å². The molecule has 0 radical (unpaired) electrons. The second-order valence-corrected chi connectivity index (χ2v) is 4.76. The lowest BCUT2D eigenvalue weighted by atomic mass is 10.1. The molecule has 1 aliphatic carbocycles. The summed E-state index contributed by atoms with van der Waals surface area (Å²) in [6.45, 7) is 0.642. The normalized spacial score (nSPS) is 13.8. The summed E-state index contributed by atoms with van der Waals surface area (Å²) >= 11 is 0. The van der Waals surface area contributed by atoms with Gasteiger partial charge in [-0.05, 0) is 30.5 Å². The van der Waals surface area contributed by atoms with Gasteiger partial charge < -0.3 is 15.2 Å². The molecule has 1 saturated carbocycles. The van der Waals surface area contributed by atoms with Crippen LogP contribution < -0.4 is 5.32 Å². The van der Waals surface area contributed by atoms with Crippen molar-refractivity contribution in [2.24, 2.45) is 0 Å². The summed E-state index contributed by atoms with van der Waals surface area (Å²) in [5, 5.41) is 10.4. The third kappa shape index (κ3) is 6.64. The highest BCUT2D eigenvalue weighted by Gasteiger charge is 2.38. The summed E-state index contributed by atoms with van der Waals surface area (Å²) in [6.07, 6.45) is -2.69. The van der Waals surface area contributed by atoms with Crippen molar-refractivity contribution in [2.45, 2.75) is 31.6 Å². The molecule has 1 aliphatic rings. The number of carbonyl (C=O) groups excluding carboxylic acids is 1. The first-order valence-electron chi connectivity index (χ1n) is 6.55. The summed E-state index contributed by atoms with van der Waals surface area (Å²) in [5.74, 6) is -3.92. The van der Waals surface area contributed by atoms with Gasteiger partial charge in [0.1, 0.15) is 5.82 Å². The Kier molecular flexibility index (Phi) is 6.49. The van der Waals surface area contributed by atoms with Crippen molar-refractivity contribution in [1.82, 2.24) is 5.32 Å². The molecular weight excluding hydrogens is 322 g/mol. The van der Waals surface area contributed by atoms with E-state index in [1.165, 1.54) is 32.1 Å². The third-order valence-corrected chi connectivity index (χ3v) is 2.85. The summed E-state index contributed by atoms with van der Waals surface area (Å²) in [6, 6.07) is 5.17. The summed E-state index contributed by atoms with van der Waals surface area (Å²) in [4.78, 5) is 20.0. The molecule has 0 amide bonds. The molecule has 0 spiro atoms. The lowest BCUT2D eigenvalue weighted by molar-refractivity contribution is -0.192. The van der Waals surface area contributed by atoms with Gasteiger partial charge in [0.2, 0.25) is 0 Å². The number of hydrogen-bond acceptors (Lipinski definition) is 4.